The number of carboxylic acid groups (broad SMARTS) is 1. The van der Waals surface area contributed by atoms with Gasteiger partial charge in [0.1, 0.15) is 5.25 Å². The zero-order valence-electron chi connectivity index (χ0n) is 10.0. The van der Waals surface area contributed by atoms with Crippen molar-refractivity contribution in [3.63, 3.8) is 0 Å². The van der Waals surface area contributed by atoms with Crippen LogP contribution in [0.2, 0.25) is 0 Å². The Morgan fingerprint density at radius 2 is 2.11 bits per heavy atom. The first-order chi connectivity index (χ1) is 8.63. The second kappa shape index (κ2) is 4.39. The molecule has 96 valence electrons. The van der Waals surface area contributed by atoms with Gasteiger partial charge in [-0.3, -0.25) is 4.79 Å². The van der Waals surface area contributed by atoms with Gasteiger partial charge in [-0.25, -0.2) is 0 Å². The van der Waals surface area contributed by atoms with Gasteiger partial charge in [-0.1, -0.05) is 6.92 Å². The van der Waals surface area contributed by atoms with Crippen molar-refractivity contribution in [1.29, 1.82) is 0 Å². The van der Waals surface area contributed by atoms with E-state index in [-0.39, 0.29) is 12.0 Å². The summed E-state index contributed by atoms with van der Waals surface area (Å²) in [5, 5.41) is 8.85. The Kier molecular flexibility index (Phi) is 2.86. The van der Waals surface area contributed by atoms with Crippen LogP contribution in [0.5, 0.6) is 11.5 Å². The molecule has 0 aromatic heterocycles. The highest BCUT2D eigenvalue weighted by Crippen LogP contribution is 2.43. The van der Waals surface area contributed by atoms with Gasteiger partial charge >= 0.3 is 5.97 Å². The maximum Gasteiger partial charge on any atom is 0.316 e. The maximum atomic E-state index is 11.2. The topological polar surface area (TPSA) is 55.8 Å². The van der Waals surface area contributed by atoms with Crippen LogP contribution in [-0.2, 0) is 11.2 Å². The van der Waals surface area contributed by atoms with Gasteiger partial charge in [0.05, 0.1) is 0 Å². The molecule has 1 N–H and O–H groups in total. The van der Waals surface area contributed by atoms with E-state index in [1.54, 1.807) is 0 Å². The number of ether oxygens (including phenoxy) is 2. The lowest BCUT2D eigenvalue weighted by atomic mass is 9.96. The van der Waals surface area contributed by atoms with E-state index in [4.69, 9.17) is 9.47 Å². The van der Waals surface area contributed by atoms with Crippen LogP contribution in [0.25, 0.3) is 0 Å². The van der Waals surface area contributed by atoms with Crippen LogP contribution in [0, 0.1) is 5.92 Å². The molecule has 0 amide bonds. The van der Waals surface area contributed by atoms with Crippen molar-refractivity contribution in [3.8, 4) is 11.5 Å². The van der Waals surface area contributed by atoms with Crippen LogP contribution in [0.15, 0.2) is 17.0 Å². The van der Waals surface area contributed by atoms with Crippen molar-refractivity contribution >= 4 is 17.7 Å². The van der Waals surface area contributed by atoms with Crippen molar-refractivity contribution in [2.75, 3.05) is 6.79 Å². The Morgan fingerprint density at radius 1 is 1.39 bits per heavy atom. The lowest BCUT2D eigenvalue weighted by molar-refractivity contribution is -0.136. The summed E-state index contributed by atoms with van der Waals surface area (Å²) in [5.41, 5.74) is 1.17. The van der Waals surface area contributed by atoms with Gasteiger partial charge < -0.3 is 14.6 Å². The third kappa shape index (κ3) is 2.03. The molecule has 0 unspecified atom stereocenters. The maximum absolute atomic E-state index is 11.2. The van der Waals surface area contributed by atoms with E-state index in [2.05, 4.69) is 6.92 Å². The molecule has 5 heteroatoms. The number of hydrogen-bond donors (Lipinski definition) is 1. The SMILES string of the molecule is C[C@H]1Cc2cc3c(cc2S[C@@H](C(=O)O)C1)OCO3. The van der Waals surface area contributed by atoms with Crippen LogP contribution in [0.1, 0.15) is 18.9 Å². The fourth-order valence-electron chi connectivity index (χ4n) is 2.41. The average molecular weight is 266 g/mol. The molecular weight excluding hydrogens is 252 g/mol. The highest BCUT2D eigenvalue weighted by atomic mass is 32.2. The van der Waals surface area contributed by atoms with Crippen LogP contribution in [-0.4, -0.2) is 23.1 Å². The molecule has 0 spiro atoms. The van der Waals surface area contributed by atoms with Gasteiger partial charge in [-0.2, -0.15) is 0 Å². The fraction of sp³-hybridized carbons (Fsp3) is 0.462. The predicted molar refractivity (Wildman–Crippen MR) is 67.3 cm³/mol. The minimum Gasteiger partial charge on any atom is -0.480 e. The van der Waals surface area contributed by atoms with Crippen molar-refractivity contribution in [3.05, 3.63) is 17.7 Å². The predicted octanol–water partition coefficient (Wildman–Crippen LogP) is 2.54. The summed E-state index contributed by atoms with van der Waals surface area (Å²) in [7, 11) is 0. The summed E-state index contributed by atoms with van der Waals surface area (Å²) >= 11 is 1.42. The van der Waals surface area contributed by atoms with Crippen molar-refractivity contribution in [2.45, 2.75) is 29.9 Å². The zero-order valence-corrected chi connectivity index (χ0v) is 10.8. The second-order valence-corrected chi connectivity index (χ2v) is 6.05. The average Bonchev–Trinajstić information content (AvgIpc) is 2.67. The lowest BCUT2D eigenvalue weighted by Gasteiger charge is -2.11. The first kappa shape index (κ1) is 11.7. The van der Waals surface area contributed by atoms with Crippen LogP contribution in [0.4, 0.5) is 0 Å². The highest BCUT2D eigenvalue weighted by molar-refractivity contribution is 8.00. The Hall–Kier alpha value is -1.36. The quantitative estimate of drug-likeness (QED) is 0.846. The summed E-state index contributed by atoms with van der Waals surface area (Å²) in [6.07, 6.45) is 1.59. The molecule has 0 fully saturated rings. The number of carbonyl (C=O) groups is 1. The molecule has 3 rings (SSSR count). The van der Waals surface area contributed by atoms with Crippen molar-refractivity contribution in [1.82, 2.24) is 0 Å². The number of hydrogen-bond acceptors (Lipinski definition) is 4. The number of carboxylic acids is 1. The minimum atomic E-state index is -0.739. The van der Waals surface area contributed by atoms with E-state index in [0.29, 0.717) is 12.3 Å². The molecule has 0 saturated heterocycles. The smallest absolute Gasteiger partial charge is 0.316 e. The first-order valence-corrected chi connectivity index (χ1v) is 6.83. The van der Waals surface area contributed by atoms with Crippen LogP contribution in [0.3, 0.4) is 0 Å². The van der Waals surface area contributed by atoms with E-state index in [1.165, 1.54) is 17.3 Å². The van der Waals surface area contributed by atoms with Gasteiger partial charge in [-0.15, -0.1) is 11.8 Å². The fourth-order valence-corrected chi connectivity index (χ4v) is 3.71. The van der Waals surface area contributed by atoms with Gasteiger partial charge in [0.2, 0.25) is 6.79 Å². The molecule has 2 aliphatic heterocycles. The molecular formula is C13H14O4S. The van der Waals surface area contributed by atoms with E-state index in [9.17, 15) is 9.90 Å². The number of fused-ring (bicyclic) bond motifs is 2. The molecule has 0 bridgehead atoms. The molecule has 18 heavy (non-hydrogen) atoms. The summed E-state index contributed by atoms with van der Waals surface area (Å²) in [6, 6.07) is 3.90. The third-order valence-electron chi connectivity index (χ3n) is 3.29. The van der Waals surface area contributed by atoms with Gasteiger partial charge in [0.25, 0.3) is 0 Å². The summed E-state index contributed by atoms with van der Waals surface area (Å²) in [6.45, 7) is 2.34. The Balaban J connectivity index is 2.00. The van der Waals surface area contributed by atoms with E-state index < -0.39 is 5.97 Å². The molecule has 0 saturated carbocycles. The zero-order chi connectivity index (χ0) is 12.7. The molecule has 2 aliphatic rings. The number of aliphatic carboxylic acids is 1. The minimum absolute atomic E-state index is 0.251. The monoisotopic (exact) mass is 266 g/mol. The third-order valence-corrected chi connectivity index (χ3v) is 4.60. The Bertz CT molecular complexity index is 500. The van der Waals surface area contributed by atoms with Crippen LogP contribution >= 0.6 is 11.8 Å². The van der Waals surface area contributed by atoms with E-state index in [0.717, 1.165) is 22.8 Å². The summed E-state index contributed by atoms with van der Waals surface area (Å²) in [4.78, 5) is 12.2. The standard InChI is InChI=1S/C13H14O4S/c1-7-2-8-4-9-10(17-6-16-9)5-11(8)18-12(3-7)13(14)15/h4-5,7,12H,2-3,6H2,1H3,(H,14,15)/t7-,12+/m0/s1. The molecule has 1 aromatic carbocycles. The second-order valence-electron chi connectivity index (χ2n) is 4.80. The molecule has 2 heterocycles. The number of benzene rings is 1. The molecule has 2 atom stereocenters. The van der Waals surface area contributed by atoms with Gasteiger partial charge in [0, 0.05) is 4.90 Å². The summed E-state index contributed by atoms with van der Waals surface area (Å²) in [5.74, 6) is 1.12. The molecule has 0 aliphatic carbocycles. The lowest BCUT2D eigenvalue weighted by Crippen LogP contribution is -2.18. The molecule has 0 radical (unpaired) electrons. The Labute approximate surface area is 109 Å². The molecule has 4 nitrogen and oxygen atoms in total. The van der Waals surface area contributed by atoms with Crippen molar-refractivity contribution < 1.29 is 19.4 Å². The molecule has 1 aromatic rings. The highest BCUT2D eigenvalue weighted by Gasteiger charge is 2.29. The van der Waals surface area contributed by atoms with E-state index in [1.807, 2.05) is 12.1 Å². The van der Waals surface area contributed by atoms with E-state index >= 15 is 0 Å². The number of thioether (sulfide) groups is 1. The normalized spacial score (nSPS) is 25.4. The van der Waals surface area contributed by atoms with Crippen LogP contribution < -0.4 is 9.47 Å². The largest absolute Gasteiger partial charge is 0.480 e. The van der Waals surface area contributed by atoms with Crippen molar-refractivity contribution in [2.24, 2.45) is 5.92 Å². The first-order valence-electron chi connectivity index (χ1n) is 5.95. The Morgan fingerprint density at radius 3 is 2.83 bits per heavy atom. The van der Waals surface area contributed by atoms with Gasteiger partial charge in [-0.05, 0) is 36.5 Å². The van der Waals surface area contributed by atoms with Gasteiger partial charge in [0.15, 0.2) is 11.5 Å². The summed E-state index contributed by atoms with van der Waals surface area (Å²) < 4.78 is 10.7. The number of rotatable bonds is 1.